The Kier molecular flexibility index (Phi) is 1.95. The van der Waals surface area contributed by atoms with Gasteiger partial charge in [-0.3, -0.25) is 0 Å². The van der Waals surface area contributed by atoms with Gasteiger partial charge in [0.2, 0.25) is 0 Å². The molecule has 1 heterocycles. The van der Waals surface area contributed by atoms with E-state index in [-0.39, 0.29) is 6.04 Å². The third kappa shape index (κ3) is 1.28. The fraction of sp³-hybridized carbons (Fsp3) is 0.333. The van der Waals surface area contributed by atoms with Crippen LogP contribution in [0.2, 0.25) is 5.02 Å². The molecule has 1 aliphatic heterocycles. The number of anilines is 1. The van der Waals surface area contributed by atoms with Crippen LogP contribution in [0.25, 0.3) is 0 Å². The molecule has 2 nitrogen and oxygen atoms in total. The summed E-state index contributed by atoms with van der Waals surface area (Å²) in [7, 11) is 0. The fourth-order valence-electron chi connectivity index (χ4n) is 1.52. The third-order valence-corrected chi connectivity index (χ3v) is 2.44. The molecule has 0 aromatic heterocycles. The second-order valence-corrected chi connectivity index (χ2v) is 3.53. The Morgan fingerprint density at radius 2 is 2.33 bits per heavy atom. The average molecular weight is 183 g/mol. The first-order chi connectivity index (χ1) is 5.77. The zero-order chi connectivity index (χ0) is 8.55. The number of halogens is 1. The molecule has 64 valence electrons. The average Bonchev–Trinajstić information content (AvgIpc) is 2.04. The Morgan fingerprint density at radius 1 is 1.50 bits per heavy atom. The molecule has 1 aliphatic rings. The Morgan fingerprint density at radius 3 is 3.17 bits per heavy atom. The maximum absolute atomic E-state index is 5.99. The van der Waals surface area contributed by atoms with Crippen molar-refractivity contribution in [1.82, 2.24) is 0 Å². The standard InChI is InChI=1S/C9H11ClN2/c10-8-3-1-2-6-4-7(11)5-12-9(6)8/h1-3,7,12H,4-5,11H2/t7-/m0/s1. The normalized spacial score (nSPS) is 21.3. The molecule has 0 spiro atoms. The molecule has 1 aromatic carbocycles. The van der Waals surface area contributed by atoms with E-state index in [1.54, 1.807) is 0 Å². The van der Waals surface area contributed by atoms with Crippen LogP contribution in [-0.4, -0.2) is 12.6 Å². The van der Waals surface area contributed by atoms with Crippen LogP contribution < -0.4 is 11.1 Å². The molecule has 3 N–H and O–H groups in total. The molecule has 2 rings (SSSR count). The molecule has 0 bridgehead atoms. The summed E-state index contributed by atoms with van der Waals surface area (Å²) in [5.41, 5.74) is 8.07. The molecule has 0 amide bonds. The van der Waals surface area contributed by atoms with Gasteiger partial charge in [0.05, 0.1) is 10.7 Å². The van der Waals surface area contributed by atoms with E-state index in [2.05, 4.69) is 11.4 Å². The Balaban J connectivity index is 2.42. The summed E-state index contributed by atoms with van der Waals surface area (Å²) in [6.07, 6.45) is 0.920. The van der Waals surface area contributed by atoms with Crippen LogP contribution in [0.15, 0.2) is 18.2 Å². The number of benzene rings is 1. The molecule has 0 aliphatic carbocycles. The second kappa shape index (κ2) is 2.96. The molecule has 1 atom stereocenters. The lowest BCUT2D eigenvalue weighted by Crippen LogP contribution is -2.35. The fourth-order valence-corrected chi connectivity index (χ4v) is 1.79. The van der Waals surface area contributed by atoms with Crippen LogP contribution in [0.3, 0.4) is 0 Å². The number of para-hydroxylation sites is 1. The van der Waals surface area contributed by atoms with Crippen molar-refractivity contribution in [1.29, 1.82) is 0 Å². The quantitative estimate of drug-likeness (QED) is 0.640. The van der Waals surface area contributed by atoms with Crippen molar-refractivity contribution in [3.8, 4) is 0 Å². The molecule has 0 unspecified atom stereocenters. The largest absolute Gasteiger partial charge is 0.382 e. The summed E-state index contributed by atoms with van der Waals surface area (Å²) in [5, 5.41) is 4.01. The lowest BCUT2D eigenvalue weighted by Gasteiger charge is -2.23. The van der Waals surface area contributed by atoms with Gasteiger partial charge in [0.25, 0.3) is 0 Å². The zero-order valence-electron chi connectivity index (χ0n) is 6.68. The number of rotatable bonds is 0. The highest BCUT2D eigenvalue weighted by Crippen LogP contribution is 2.28. The maximum atomic E-state index is 5.99. The van der Waals surface area contributed by atoms with Gasteiger partial charge in [0.1, 0.15) is 0 Å². The van der Waals surface area contributed by atoms with Gasteiger partial charge < -0.3 is 11.1 Å². The number of nitrogens with one attached hydrogen (secondary N) is 1. The van der Waals surface area contributed by atoms with Crippen molar-refractivity contribution >= 4 is 17.3 Å². The van der Waals surface area contributed by atoms with Gasteiger partial charge in [0, 0.05) is 12.6 Å². The van der Waals surface area contributed by atoms with Gasteiger partial charge in [-0.1, -0.05) is 23.7 Å². The minimum Gasteiger partial charge on any atom is -0.382 e. The van der Waals surface area contributed by atoms with E-state index in [0.29, 0.717) is 0 Å². The van der Waals surface area contributed by atoms with Crippen LogP contribution >= 0.6 is 11.6 Å². The van der Waals surface area contributed by atoms with Gasteiger partial charge in [-0.2, -0.15) is 0 Å². The van der Waals surface area contributed by atoms with E-state index in [1.165, 1.54) is 5.56 Å². The molecule has 0 fully saturated rings. The van der Waals surface area contributed by atoms with Crippen molar-refractivity contribution in [3.63, 3.8) is 0 Å². The van der Waals surface area contributed by atoms with E-state index in [0.717, 1.165) is 23.7 Å². The lowest BCUT2D eigenvalue weighted by molar-refractivity contribution is 0.679. The highest BCUT2D eigenvalue weighted by atomic mass is 35.5. The van der Waals surface area contributed by atoms with Gasteiger partial charge >= 0.3 is 0 Å². The van der Waals surface area contributed by atoms with Crippen LogP contribution in [-0.2, 0) is 6.42 Å². The Hall–Kier alpha value is -0.730. The Labute approximate surface area is 76.7 Å². The van der Waals surface area contributed by atoms with Crippen molar-refractivity contribution in [2.45, 2.75) is 12.5 Å². The number of fused-ring (bicyclic) bond motifs is 1. The van der Waals surface area contributed by atoms with E-state index >= 15 is 0 Å². The summed E-state index contributed by atoms with van der Waals surface area (Å²) in [4.78, 5) is 0. The number of hydrogen-bond acceptors (Lipinski definition) is 2. The molecule has 0 saturated heterocycles. The van der Waals surface area contributed by atoms with Crippen LogP contribution in [0.5, 0.6) is 0 Å². The first kappa shape index (κ1) is 7.90. The first-order valence-corrected chi connectivity index (χ1v) is 4.42. The van der Waals surface area contributed by atoms with Crippen molar-refractivity contribution in [2.24, 2.45) is 5.73 Å². The predicted octanol–water partition coefficient (Wildman–Crippen LogP) is 1.64. The van der Waals surface area contributed by atoms with Gasteiger partial charge in [-0.05, 0) is 18.1 Å². The van der Waals surface area contributed by atoms with E-state index in [4.69, 9.17) is 17.3 Å². The topological polar surface area (TPSA) is 38.0 Å². The summed E-state index contributed by atoms with van der Waals surface area (Å²) >= 11 is 5.99. The predicted molar refractivity (Wildman–Crippen MR) is 51.6 cm³/mol. The molecule has 3 heteroatoms. The van der Waals surface area contributed by atoms with Gasteiger partial charge in [-0.15, -0.1) is 0 Å². The molecular weight excluding hydrogens is 172 g/mol. The maximum Gasteiger partial charge on any atom is 0.0640 e. The van der Waals surface area contributed by atoms with Crippen LogP contribution in [0.4, 0.5) is 5.69 Å². The van der Waals surface area contributed by atoms with Crippen molar-refractivity contribution < 1.29 is 0 Å². The van der Waals surface area contributed by atoms with Gasteiger partial charge in [0.15, 0.2) is 0 Å². The zero-order valence-corrected chi connectivity index (χ0v) is 7.43. The monoisotopic (exact) mass is 182 g/mol. The Bertz CT molecular complexity index is 299. The van der Waals surface area contributed by atoms with Crippen molar-refractivity contribution in [2.75, 3.05) is 11.9 Å². The second-order valence-electron chi connectivity index (χ2n) is 3.12. The first-order valence-electron chi connectivity index (χ1n) is 4.04. The molecule has 0 saturated carbocycles. The molecule has 0 radical (unpaired) electrons. The summed E-state index contributed by atoms with van der Waals surface area (Å²) in [6, 6.07) is 6.13. The lowest BCUT2D eigenvalue weighted by atomic mass is 10.0. The van der Waals surface area contributed by atoms with E-state index in [1.807, 2.05) is 12.1 Å². The minimum atomic E-state index is 0.218. The number of nitrogens with two attached hydrogens (primary N) is 1. The van der Waals surface area contributed by atoms with E-state index in [9.17, 15) is 0 Å². The molecule has 1 aromatic rings. The third-order valence-electron chi connectivity index (χ3n) is 2.12. The SMILES string of the molecule is N[C@@H]1CNc2c(Cl)cccc2C1. The molecule has 12 heavy (non-hydrogen) atoms. The van der Waals surface area contributed by atoms with Crippen LogP contribution in [0, 0.1) is 0 Å². The highest BCUT2D eigenvalue weighted by Gasteiger charge is 2.15. The minimum absolute atomic E-state index is 0.218. The van der Waals surface area contributed by atoms with Crippen molar-refractivity contribution in [3.05, 3.63) is 28.8 Å². The summed E-state index contributed by atoms with van der Waals surface area (Å²) < 4.78 is 0. The van der Waals surface area contributed by atoms with Gasteiger partial charge in [-0.25, -0.2) is 0 Å². The van der Waals surface area contributed by atoms with E-state index < -0.39 is 0 Å². The smallest absolute Gasteiger partial charge is 0.0640 e. The van der Waals surface area contributed by atoms with Crippen LogP contribution in [0.1, 0.15) is 5.56 Å². The summed E-state index contributed by atoms with van der Waals surface area (Å²) in [6.45, 7) is 0.816. The summed E-state index contributed by atoms with van der Waals surface area (Å²) in [5.74, 6) is 0. The molecular formula is C9H11ClN2. The highest BCUT2D eigenvalue weighted by molar-refractivity contribution is 6.33. The number of hydrogen-bond donors (Lipinski definition) is 2.